The van der Waals surface area contributed by atoms with Crippen molar-refractivity contribution < 1.29 is 13.5 Å². The van der Waals surface area contributed by atoms with Gasteiger partial charge in [-0.3, -0.25) is 0 Å². The van der Waals surface area contributed by atoms with Crippen molar-refractivity contribution in [3.8, 4) is 5.75 Å². The molecule has 0 fully saturated rings. The van der Waals surface area contributed by atoms with Gasteiger partial charge in [-0.15, -0.1) is 11.3 Å². The first-order valence-corrected chi connectivity index (χ1v) is 9.29. The van der Waals surface area contributed by atoms with Gasteiger partial charge >= 0.3 is 0 Å². The van der Waals surface area contributed by atoms with Crippen LogP contribution in [0.3, 0.4) is 0 Å². The quantitative estimate of drug-likeness (QED) is 0.450. The van der Waals surface area contributed by atoms with Crippen molar-refractivity contribution in [2.45, 2.75) is 40.0 Å². The van der Waals surface area contributed by atoms with Crippen LogP contribution in [0.25, 0.3) is 20.2 Å². The lowest BCUT2D eigenvalue weighted by molar-refractivity contribution is 0.285. The topological polar surface area (TPSA) is 9.23 Å². The van der Waals surface area contributed by atoms with Crippen molar-refractivity contribution in [3.63, 3.8) is 0 Å². The summed E-state index contributed by atoms with van der Waals surface area (Å²) in [5.74, 6) is 0.263. The predicted molar refractivity (Wildman–Crippen MR) is 98.2 cm³/mol. The maximum absolute atomic E-state index is 14.8. The predicted octanol–water partition coefficient (Wildman–Crippen LogP) is 6.71. The molecular weight excluding hydrogens is 326 g/mol. The minimum absolute atomic E-state index is 0.227. The van der Waals surface area contributed by atoms with Gasteiger partial charge in [-0.2, -0.15) is 0 Å². The SMILES string of the molecule is CCc1ccc2c(sc3c(F)c(OCCCC(C)C)ccc32)c1F. The Labute approximate surface area is 145 Å². The number of ether oxygens (including phenoxy) is 1. The molecule has 0 amide bonds. The Hall–Kier alpha value is -1.68. The van der Waals surface area contributed by atoms with Crippen LogP contribution < -0.4 is 4.74 Å². The van der Waals surface area contributed by atoms with Crippen LogP contribution in [-0.2, 0) is 6.42 Å². The maximum Gasteiger partial charge on any atom is 0.182 e. The molecule has 3 rings (SSSR count). The van der Waals surface area contributed by atoms with E-state index in [1.54, 1.807) is 12.1 Å². The van der Waals surface area contributed by atoms with E-state index in [0.29, 0.717) is 33.9 Å². The Morgan fingerprint density at radius 1 is 1.00 bits per heavy atom. The summed E-state index contributed by atoms with van der Waals surface area (Å²) in [4.78, 5) is 0. The lowest BCUT2D eigenvalue weighted by atomic mass is 10.1. The molecule has 0 aliphatic carbocycles. The Morgan fingerprint density at radius 2 is 1.67 bits per heavy atom. The van der Waals surface area contributed by atoms with E-state index in [-0.39, 0.29) is 17.4 Å². The lowest BCUT2D eigenvalue weighted by Gasteiger charge is -2.08. The van der Waals surface area contributed by atoms with E-state index in [4.69, 9.17) is 4.74 Å². The number of halogens is 2. The fraction of sp³-hybridized carbons (Fsp3) is 0.400. The van der Waals surface area contributed by atoms with Crippen molar-refractivity contribution in [3.05, 3.63) is 41.5 Å². The summed E-state index contributed by atoms with van der Waals surface area (Å²) in [5.41, 5.74) is 0.666. The van der Waals surface area contributed by atoms with Gasteiger partial charge in [0.15, 0.2) is 11.6 Å². The monoisotopic (exact) mass is 348 g/mol. The van der Waals surface area contributed by atoms with E-state index in [9.17, 15) is 8.78 Å². The van der Waals surface area contributed by atoms with Crippen LogP contribution >= 0.6 is 11.3 Å². The number of aryl methyl sites for hydroxylation is 1. The summed E-state index contributed by atoms with van der Waals surface area (Å²) in [6.45, 7) is 6.73. The van der Waals surface area contributed by atoms with Crippen LogP contribution in [-0.4, -0.2) is 6.61 Å². The standard InChI is InChI=1S/C20H22F2OS/c1-4-13-7-8-14-15-9-10-16(23-11-5-6-12(2)3)18(22)20(15)24-19(14)17(13)21/h7-10,12H,4-6,11H2,1-3H3. The van der Waals surface area contributed by atoms with Gasteiger partial charge in [0.05, 0.1) is 16.0 Å². The molecule has 24 heavy (non-hydrogen) atoms. The third kappa shape index (κ3) is 3.12. The molecule has 0 N–H and O–H groups in total. The number of rotatable bonds is 6. The lowest BCUT2D eigenvalue weighted by Crippen LogP contribution is -2.01. The molecule has 3 aromatic rings. The molecule has 0 atom stereocenters. The van der Waals surface area contributed by atoms with Gasteiger partial charge in [0.1, 0.15) is 5.82 Å². The minimum atomic E-state index is -0.379. The molecule has 4 heteroatoms. The van der Waals surface area contributed by atoms with Crippen LogP contribution in [0.1, 0.15) is 39.2 Å². The molecule has 0 aliphatic heterocycles. The number of thiophene rings is 1. The van der Waals surface area contributed by atoms with Gasteiger partial charge in [0.25, 0.3) is 0 Å². The van der Waals surface area contributed by atoms with E-state index >= 15 is 0 Å². The van der Waals surface area contributed by atoms with Gasteiger partial charge in [-0.25, -0.2) is 8.78 Å². The molecule has 1 heterocycles. The van der Waals surface area contributed by atoms with Crippen molar-refractivity contribution in [1.82, 2.24) is 0 Å². The van der Waals surface area contributed by atoms with Gasteiger partial charge in [-0.05, 0) is 42.9 Å². The van der Waals surface area contributed by atoms with Crippen LogP contribution in [0.2, 0.25) is 0 Å². The Kier molecular flexibility index (Phi) is 5.04. The van der Waals surface area contributed by atoms with Gasteiger partial charge < -0.3 is 4.74 Å². The Balaban J connectivity index is 1.96. The summed E-state index contributed by atoms with van der Waals surface area (Å²) >= 11 is 1.17. The largest absolute Gasteiger partial charge is 0.490 e. The smallest absolute Gasteiger partial charge is 0.182 e. The average molecular weight is 348 g/mol. The third-order valence-corrected chi connectivity index (χ3v) is 5.50. The number of fused-ring (bicyclic) bond motifs is 3. The van der Waals surface area contributed by atoms with Gasteiger partial charge in [-0.1, -0.05) is 32.9 Å². The summed E-state index contributed by atoms with van der Waals surface area (Å²) in [7, 11) is 0. The van der Waals surface area contributed by atoms with Crippen molar-refractivity contribution >= 4 is 31.5 Å². The highest BCUT2D eigenvalue weighted by atomic mass is 32.1. The van der Waals surface area contributed by atoms with Crippen molar-refractivity contribution in [2.75, 3.05) is 6.61 Å². The average Bonchev–Trinajstić information content (AvgIpc) is 2.94. The second-order valence-corrected chi connectivity index (χ2v) is 7.53. The molecule has 128 valence electrons. The molecule has 1 aromatic heterocycles. The highest BCUT2D eigenvalue weighted by Crippen LogP contribution is 2.40. The van der Waals surface area contributed by atoms with E-state index in [2.05, 4.69) is 13.8 Å². The van der Waals surface area contributed by atoms with E-state index in [1.165, 1.54) is 11.3 Å². The van der Waals surface area contributed by atoms with Crippen molar-refractivity contribution in [1.29, 1.82) is 0 Å². The summed E-state index contributed by atoms with van der Waals surface area (Å²) in [6, 6.07) is 7.17. The van der Waals surface area contributed by atoms with Crippen molar-refractivity contribution in [2.24, 2.45) is 5.92 Å². The zero-order chi connectivity index (χ0) is 17.3. The molecule has 0 unspecified atom stereocenters. The first kappa shape index (κ1) is 17.2. The molecule has 0 saturated carbocycles. The maximum atomic E-state index is 14.8. The summed E-state index contributed by atoms with van der Waals surface area (Å²) in [6.07, 6.45) is 2.58. The van der Waals surface area contributed by atoms with Gasteiger partial charge in [0.2, 0.25) is 0 Å². The number of benzene rings is 2. The van der Waals surface area contributed by atoms with Crippen LogP contribution in [0.15, 0.2) is 24.3 Å². The molecule has 2 aromatic carbocycles. The second kappa shape index (κ2) is 7.06. The van der Waals surface area contributed by atoms with Gasteiger partial charge in [0, 0.05) is 10.8 Å². The number of hydrogen-bond donors (Lipinski definition) is 0. The highest BCUT2D eigenvalue weighted by molar-refractivity contribution is 7.25. The fourth-order valence-electron chi connectivity index (χ4n) is 2.92. The van der Waals surface area contributed by atoms with Crippen LogP contribution in [0.4, 0.5) is 8.78 Å². The zero-order valence-electron chi connectivity index (χ0n) is 14.3. The third-order valence-electron chi connectivity index (χ3n) is 4.30. The minimum Gasteiger partial charge on any atom is -0.490 e. The second-order valence-electron chi connectivity index (χ2n) is 6.51. The molecule has 0 bridgehead atoms. The molecule has 0 spiro atoms. The molecule has 0 saturated heterocycles. The van der Waals surface area contributed by atoms with Crippen LogP contribution in [0.5, 0.6) is 5.75 Å². The fourth-order valence-corrected chi connectivity index (χ4v) is 4.11. The normalized spacial score (nSPS) is 11.8. The first-order valence-electron chi connectivity index (χ1n) is 8.47. The van der Waals surface area contributed by atoms with E-state index in [1.807, 2.05) is 19.1 Å². The summed E-state index contributed by atoms with van der Waals surface area (Å²) in [5, 5.41) is 1.53. The Bertz CT molecular complexity index is 867. The molecule has 0 aliphatic rings. The first-order chi connectivity index (χ1) is 11.5. The van der Waals surface area contributed by atoms with E-state index in [0.717, 1.165) is 23.6 Å². The van der Waals surface area contributed by atoms with E-state index < -0.39 is 0 Å². The van der Waals surface area contributed by atoms with Crippen LogP contribution in [0, 0.1) is 17.6 Å². The zero-order valence-corrected chi connectivity index (χ0v) is 15.1. The summed E-state index contributed by atoms with van der Waals surface area (Å²) < 4.78 is 35.9. The number of hydrogen-bond acceptors (Lipinski definition) is 2. The Morgan fingerprint density at radius 3 is 2.33 bits per heavy atom. The molecular formula is C20H22F2OS. The highest BCUT2D eigenvalue weighted by Gasteiger charge is 2.17. The molecule has 0 radical (unpaired) electrons. The molecule has 1 nitrogen and oxygen atoms in total.